The van der Waals surface area contributed by atoms with Gasteiger partial charge in [0, 0.05) is 11.5 Å². The highest BCUT2D eigenvalue weighted by Gasteiger charge is 2.20. The standard InChI is InChI=1S/C15H23N5O/c1-9-6-7-11(21-9)10(2)17-12-8-13(20-16)19-14(18-12)15(3,4)5/h6-8,10H,16H2,1-5H3,(H2,17,18,19,20). The highest BCUT2D eigenvalue weighted by atomic mass is 16.3. The van der Waals surface area contributed by atoms with Gasteiger partial charge in [-0.1, -0.05) is 20.8 Å². The van der Waals surface area contributed by atoms with Crippen molar-refractivity contribution < 1.29 is 4.42 Å². The van der Waals surface area contributed by atoms with E-state index in [-0.39, 0.29) is 11.5 Å². The summed E-state index contributed by atoms with van der Waals surface area (Å²) in [6.07, 6.45) is 0. The monoisotopic (exact) mass is 289 g/mol. The van der Waals surface area contributed by atoms with Crippen molar-refractivity contribution in [2.45, 2.75) is 46.1 Å². The Bertz CT molecular complexity index is 615. The number of nitrogen functional groups attached to an aromatic ring is 1. The Morgan fingerprint density at radius 2 is 1.86 bits per heavy atom. The number of nitrogens with zero attached hydrogens (tertiary/aromatic N) is 2. The lowest BCUT2D eigenvalue weighted by Gasteiger charge is -2.20. The third-order valence-corrected chi connectivity index (χ3v) is 3.10. The Morgan fingerprint density at radius 1 is 1.19 bits per heavy atom. The number of furan rings is 1. The molecule has 2 aromatic rings. The lowest BCUT2D eigenvalue weighted by atomic mass is 9.96. The van der Waals surface area contributed by atoms with Crippen LogP contribution in [0.25, 0.3) is 0 Å². The molecular weight excluding hydrogens is 266 g/mol. The topological polar surface area (TPSA) is 89.0 Å². The van der Waals surface area contributed by atoms with Gasteiger partial charge in [0.1, 0.15) is 29.0 Å². The summed E-state index contributed by atoms with van der Waals surface area (Å²) in [5.74, 6) is 9.27. The normalized spacial score (nSPS) is 13.0. The van der Waals surface area contributed by atoms with E-state index in [4.69, 9.17) is 10.3 Å². The summed E-state index contributed by atoms with van der Waals surface area (Å²) >= 11 is 0. The van der Waals surface area contributed by atoms with Crippen LogP contribution in [-0.4, -0.2) is 9.97 Å². The van der Waals surface area contributed by atoms with Crippen LogP contribution in [0.15, 0.2) is 22.6 Å². The average Bonchev–Trinajstić information content (AvgIpc) is 2.84. The molecule has 0 amide bonds. The fourth-order valence-electron chi connectivity index (χ4n) is 1.91. The first-order valence-corrected chi connectivity index (χ1v) is 6.98. The van der Waals surface area contributed by atoms with Crippen LogP contribution in [0.3, 0.4) is 0 Å². The van der Waals surface area contributed by atoms with Crippen molar-refractivity contribution in [3.8, 4) is 0 Å². The molecule has 6 nitrogen and oxygen atoms in total. The van der Waals surface area contributed by atoms with Gasteiger partial charge in [0.05, 0.1) is 6.04 Å². The van der Waals surface area contributed by atoms with Gasteiger partial charge in [-0.25, -0.2) is 15.8 Å². The Kier molecular flexibility index (Phi) is 4.18. The zero-order valence-corrected chi connectivity index (χ0v) is 13.2. The van der Waals surface area contributed by atoms with Crippen LogP contribution in [0.5, 0.6) is 0 Å². The summed E-state index contributed by atoms with van der Waals surface area (Å²) < 4.78 is 5.63. The fourth-order valence-corrected chi connectivity index (χ4v) is 1.91. The van der Waals surface area contributed by atoms with Crippen molar-refractivity contribution in [3.05, 3.63) is 35.5 Å². The van der Waals surface area contributed by atoms with Crippen molar-refractivity contribution in [2.24, 2.45) is 5.84 Å². The smallest absolute Gasteiger partial charge is 0.145 e. The van der Waals surface area contributed by atoms with Crippen molar-refractivity contribution in [3.63, 3.8) is 0 Å². The average molecular weight is 289 g/mol. The van der Waals surface area contributed by atoms with Crippen molar-refractivity contribution >= 4 is 11.6 Å². The van der Waals surface area contributed by atoms with E-state index >= 15 is 0 Å². The van der Waals surface area contributed by atoms with E-state index in [1.807, 2.05) is 26.0 Å². The molecule has 6 heteroatoms. The molecule has 0 aromatic carbocycles. The molecule has 0 fully saturated rings. The van der Waals surface area contributed by atoms with Gasteiger partial charge in [0.2, 0.25) is 0 Å². The molecule has 2 rings (SSSR count). The number of rotatable bonds is 4. The molecule has 2 heterocycles. The molecule has 0 radical (unpaired) electrons. The summed E-state index contributed by atoms with van der Waals surface area (Å²) in [7, 11) is 0. The zero-order chi connectivity index (χ0) is 15.6. The molecule has 0 bridgehead atoms. The molecule has 114 valence electrons. The van der Waals surface area contributed by atoms with Gasteiger partial charge < -0.3 is 15.2 Å². The molecule has 0 saturated carbocycles. The minimum Gasteiger partial charge on any atom is -0.464 e. The maximum Gasteiger partial charge on any atom is 0.145 e. The highest BCUT2D eigenvalue weighted by molar-refractivity contribution is 5.48. The molecular formula is C15H23N5O. The van der Waals surface area contributed by atoms with E-state index in [0.29, 0.717) is 11.6 Å². The maximum atomic E-state index is 5.63. The minimum atomic E-state index is -0.159. The molecule has 0 aliphatic rings. The Morgan fingerprint density at radius 3 is 2.38 bits per heavy atom. The predicted molar refractivity (Wildman–Crippen MR) is 84.0 cm³/mol. The maximum absolute atomic E-state index is 5.63. The SMILES string of the molecule is Cc1ccc(C(C)Nc2cc(NN)nc(C(C)(C)C)n2)o1. The third-order valence-electron chi connectivity index (χ3n) is 3.10. The van der Waals surface area contributed by atoms with Crippen LogP contribution in [0.1, 0.15) is 51.1 Å². The van der Waals surface area contributed by atoms with Gasteiger partial charge in [-0.05, 0) is 26.0 Å². The Labute approximate surface area is 125 Å². The summed E-state index contributed by atoms with van der Waals surface area (Å²) in [6.45, 7) is 10.1. The first-order valence-electron chi connectivity index (χ1n) is 6.98. The van der Waals surface area contributed by atoms with E-state index in [0.717, 1.165) is 17.3 Å². The van der Waals surface area contributed by atoms with E-state index < -0.39 is 0 Å². The molecule has 21 heavy (non-hydrogen) atoms. The quantitative estimate of drug-likeness (QED) is 0.592. The van der Waals surface area contributed by atoms with Gasteiger partial charge in [-0.3, -0.25) is 0 Å². The molecule has 0 spiro atoms. The van der Waals surface area contributed by atoms with E-state index in [9.17, 15) is 0 Å². The number of aromatic nitrogens is 2. The lowest BCUT2D eigenvalue weighted by molar-refractivity contribution is 0.466. The molecule has 2 aromatic heterocycles. The fraction of sp³-hybridized carbons (Fsp3) is 0.467. The van der Waals surface area contributed by atoms with Crippen LogP contribution in [0.2, 0.25) is 0 Å². The third kappa shape index (κ3) is 3.72. The minimum absolute atomic E-state index is 0.00652. The number of anilines is 2. The number of hydrogen-bond donors (Lipinski definition) is 3. The Hall–Kier alpha value is -2.08. The first kappa shape index (κ1) is 15.3. The molecule has 0 saturated heterocycles. The van der Waals surface area contributed by atoms with E-state index in [2.05, 4.69) is 41.5 Å². The van der Waals surface area contributed by atoms with Gasteiger partial charge in [-0.15, -0.1) is 0 Å². The van der Waals surface area contributed by atoms with Gasteiger partial charge in [0.25, 0.3) is 0 Å². The summed E-state index contributed by atoms with van der Waals surface area (Å²) in [6, 6.07) is 5.69. The second kappa shape index (κ2) is 5.73. The van der Waals surface area contributed by atoms with Crippen LogP contribution < -0.4 is 16.6 Å². The van der Waals surface area contributed by atoms with Crippen LogP contribution in [0, 0.1) is 6.92 Å². The first-order chi connectivity index (χ1) is 9.79. The lowest BCUT2D eigenvalue weighted by Crippen LogP contribution is -2.20. The highest BCUT2D eigenvalue weighted by Crippen LogP contribution is 2.25. The van der Waals surface area contributed by atoms with Crippen LogP contribution in [-0.2, 0) is 5.41 Å². The van der Waals surface area contributed by atoms with Gasteiger partial charge >= 0.3 is 0 Å². The van der Waals surface area contributed by atoms with E-state index in [1.165, 1.54) is 0 Å². The Balaban J connectivity index is 2.27. The number of nitrogens with two attached hydrogens (primary N) is 1. The second-order valence-electron chi connectivity index (χ2n) is 6.17. The number of hydrogen-bond acceptors (Lipinski definition) is 6. The zero-order valence-electron chi connectivity index (χ0n) is 13.2. The molecule has 0 aliphatic carbocycles. The molecule has 1 unspecified atom stereocenters. The molecule has 1 atom stereocenters. The largest absolute Gasteiger partial charge is 0.464 e. The summed E-state index contributed by atoms with van der Waals surface area (Å²) in [5, 5.41) is 3.32. The van der Waals surface area contributed by atoms with Gasteiger partial charge in [0.15, 0.2) is 0 Å². The molecule has 0 aliphatic heterocycles. The van der Waals surface area contributed by atoms with Crippen LogP contribution in [0.4, 0.5) is 11.6 Å². The molecule has 4 N–H and O–H groups in total. The van der Waals surface area contributed by atoms with Crippen molar-refractivity contribution in [1.29, 1.82) is 0 Å². The number of aryl methyl sites for hydroxylation is 1. The summed E-state index contributed by atoms with van der Waals surface area (Å²) in [4.78, 5) is 8.96. The van der Waals surface area contributed by atoms with Gasteiger partial charge in [-0.2, -0.15) is 0 Å². The number of hydrazine groups is 1. The van der Waals surface area contributed by atoms with Crippen molar-refractivity contribution in [1.82, 2.24) is 9.97 Å². The van der Waals surface area contributed by atoms with Crippen molar-refractivity contribution in [2.75, 3.05) is 10.7 Å². The number of nitrogens with one attached hydrogen (secondary N) is 2. The van der Waals surface area contributed by atoms with E-state index in [1.54, 1.807) is 6.07 Å². The predicted octanol–water partition coefficient (Wildman–Crippen LogP) is 3.13. The van der Waals surface area contributed by atoms with Crippen LogP contribution >= 0.6 is 0 Å². The second-order valence-corrected chi connectivity index (χ2v) is 6.17. The summed E-state index contributed by atoms with van der Waals surface area (Å²) in [5.41, 5.74) is 2.42.